The quantitative estimate of drug-likeness (QED) is 0.764. The van der Waals surface area contributed by atoms with E-state index in [9.17, 15) is 18.0 Å². The smallest absolute Gasteiger partial charge is 0.307 e. The van der Waals surface area contributed by atoms with Crippen LogP contribution in [0.1, 0.15) is 10.9 Å². The van der Waals surface area contributed by atoms with Crippen LogP contribution >= 0.6 is 11.3 Å². The Morgan fingerprint density at radius 2 is 2.17 bits per heavy atom. The summed E-state index contributed by atoms with van der Waals surface area (Å²) in [5.74, 6) is 0. The minimum atomic E-state index is -3.57. The van der Waals surface area contributed by atoms with E-state index in [2.05, 4.69) is 0 Å². The molecule has 98 valence electrons. The van der Waals surface area contributed by atoms with Gasteiger partial charge >= 0.3 is 6.03 Å². The van der Waals surface area contributed by atoms with E-state index in [0.717, 1.165) is 15.4 Å². The zero-order valence-corrected chi connectivity index (χ0v) is 11.3. The fourth-order valence-electron chi connectivity index (χ4n) is 1.85. The van der Waals surface area contributed by atoms with Crippen molar-refractivity contribution >= 4 is 33.7 Å². The van der Waals surface area contributed by atoms with Crippen LogP contribution in [0, 0.1) is 0 Å². The minimum absolute atomic E-state index is 0.0907. The second-order valence-electron chi connectivity index (χ2n) is 3.91. The van der Waals surface area contributed by atoms with Gasteiger partial charge < -0.3 is 9.69 Å². The first-order valence-electron chi connectivity index (χ1n) is 5.22. The van der Waals surface area contributed by atoms with Crippen LogP contribution in [-0.4, -0.2) is 49.3 Å². The molecule has 8 heteroatoms. The van der Waals surface area contributed by atoms with Gasteiger partial charge in [-0.25, -0.2) is 17.5 Å². The number of amides is 2. The molecule has 0 bridgehead atoms. The SMILES string of the molecule is CS(=O)(=O)N1CCN(C(C=O)c2cccs2)C1=O. The summed E-state index contributed by atoms with van der Waals surface area (Å²) in [6.45, 7) is 0.320. The Balaban J connectivity index is 2.26. The largest absolute Gasteiger partial charge is 0.334 e. The summed E-state index contributed by atoms with van der Waals surface area (Å²) in [5, 5.41) is 1.81. The number of sulfonamides is 1. The maximum absolute atomic E-state index is 12.0. The average Bonchev–Trinajstić information content (AvgIpc) is 2.89. The first-order chi connectivity index (χ1) is 8.45. The van der Waals surface area contributed by atoms with Crippen molar-refractivity contribution in [3.8, 4) is 0 Å². The number of nitrogens with zero attached hydrogens (tertiary/aromatic N) is 2. The van der Waals surface area contributed by atoms with E-state index >= 15 is 0 Å². The van der Waals surface area contributed by atoms with Gasteiger partial charge in [0.15, 0.2) is 0 Å². The highest BCUT2D eigenvalue weighted by molar-refractivity contribution is 7.88. The van der Waals surface area contributed by atoms with Crippen LogP contribution in [0.5, 0.6) is 0 Å². The van der Waals surface area contributed by atoms with E-state index in [0.29, 0.717) is 6.29 Å². The molecule has 0 N–H and O–H groups in total. The number of urea groups is 1. The molecule has 18 heavy (non-hydrogen) atoms. The van der Waals surface area contributed by atoms with E-state index in [-0.39, 0.29) is 13.1 Å². The third-order valence-electron chi connectivity index (χ3n) is 2.70. The van der Waals surface area contributed by atoms with E-state index in [4.69, 9.17) is 0 Å². The van der Waals surface area contributed by atoms with Crippen LogP contribution in [0.3, 0.4) is 0 Å². The first kappa shape index (κ1) is 13.0. The standard InChI is InChI=1S/C10H12N2O4S2/c1-18(15,16)12-5-4-11(10(12)14)8(7-13)9-3-2-6-17-9/h2-3,6-8H,4-5H2,1H3. The molecule has 1 saturated heterocycles. The second-order valence-corrected chi connectivity index (χ2v) is 6.79. The first-order valence-corrected chi connectivity index (χ1v) is 7.95. The summed E-state index contributed by atoms with van der Waals surface area (Å²) in [6.07, 6.45) is 1.64. The third-order valence-corrected chi connectivity index (χ3v) is 4.79. The van der Waals surface area contributed by atoms with Crippen molar-refractivity contribution in [2.75, 3.05) is 19.3 Å². The van der Waals surface area contributed by atoms with Gasteiger partial charge in [-0.05, 0) is 11.4 Å². The monoisotopic (exact) mass is 288 g/mol. The molecule has 0 radical (unpaired) electrons. The number of carbonyl (C=O) groups is 2. The Labute approximate surface area is 109 Å². The van der Waals surface area contributed by atoms with E-state index in [1.807, 2.05) is 0 Å². The van der Waals surface area contributed by atoms with Crippen LogP contribution in [0.25, 0.3) is 0 Å². The predicted molar refractivity (Wildman–Crippen MR) is 66.8 cm³/mol. The van der Waals surface area contributed by atoms with Crippen molar-refractivity contribution in [1.82, 2.24) is 9.21 Å². The summed E-state index contributed by atoms with van der Waals surface area (Å²) < 4.78 is 23.5. The molecule has 1 fully saturated rings. The van der Waals surface area contributed by atoms with Crippen LogP contribution in [0.15, 0.2) is 17.5 Å². The summed E-state index contributed by atoms with van der Waals surface area (Å²) in [4.78, 5) is 25.1. The topological polar surface area (TPSA) is 74.8 Å². The maximum atomic E-state index is 12.0. The third kappa shape index (κ3) is 2.25. The Hall–Kier alpha value is -1.41. The maximum Gasteiger partial charge on any atom is 0.334 e. The van der Waals surface area contributed by atoms with Crippen molar-refractivity contribution in [2.45, 2.75) is 6.04 Å². The average molecular weight is 288 g/mol. The lowest BCUT2D eigenvalue weighted by atomic mass is 10.2. The Kier molecular flexibility index (Phi) is 3.40. The van der Waals surface area contributed by atoms with Crippen molar-refractivity contribution in [3.05, 3.63) is 22.4 Å². The Bertz CT molecular complexity index is 552. The van der Waals surface area contributed by atoms with Crippen LogP contribution in [0.4, 0.5) is 4.79 Å². The molecule has 2 rings (SSSR count). The van der Waals surface area contributed by atoms with Gasteiger partial charge in [0, 0.05) is 11.4 Å². The lowest BCUT2D eigenvalue weighted by Gasteiger charge is -2.22. The minimum Gasteiger partial charge on any atom is -0.307 e. The molecular formula is C10H12N2O4S2. The summed E-state index contributed by atoms with van der Waals surface area (Å²) >= 11 is 1.36. The van der Waals surface area contributed by atoms with Crippen LogP contribution in [0.2, 0.25) is 0 Å². The van der Waals surface area contributed by atoms with Gasteiger partial charge in [0.05, 0.1) is 12.8 Å². The lowest BCUT2D eigenvalue weighted by molar-refractivity contribution is -0.111. The van der Waals surface area contributed by atoms with E-state index < -0.39 is 22.1 Å². The molecule has 0 spiro atoms. The van der Waals surface area contributed by atoms with Crippen LogP contribution in [-0.2, 0) is 14.8 Å². The van der Waals surface area contributed by atoms with Gasteiger partial charge in [-0.15, -0.1) is 11.3 Å². The number of hydrogen-bond acceptors (Lipinski definition) is 5. The predicted octanol–water partition coefficient (Wildman–Crippen LogP) is 0.685. The molecule has 1 aromatic heterocycles. The van der Waals surface area contributed by atoms with E-state index in [1.54, 1.807) is 17.5 Å². The fourth-order valence-corrected chi connectivity index (χ4v) is 3.45. The van der Waals surface area contributed by atoms with Gasteiger partial charge in [-0.1, -0.05) is 6.07 Å². The van der Waals surface area contributed by atoms with Gasteiger partial charge in [0.1, 0.15) is 12.3 Å². The molecule has 2 amide bonds. The molecule has 0 aromatic carbocycles. The molecular weight excluding hydrogens is 276 g/mol. The summed E-state index contributed by atoms with van der Waals surface area (Å²) in [6, 6.07) is 2.19. The number of carbonyl (C=O) groups excluding carboxylic acids is 2. The summed E-state index contributed by atoms with van der Waals surface area (Å²) in [7, 11) is -3.57. The van der Waals surface area contributed by atoms with Gasteiger partial charge in [0.25, 0.3) is 0 Å². The highest BCUT2D eigenvalue weighted by Gasteiger charge is 2.38. The number of hydrogen-bond donors (Lipinski definition) is 0. The van der Waals surface area contributed by atoms with Crippen molar-refractivity contribution in [3.63, 3.8) is 0 Å². The van der Waals surface area contributed by atoms with Gasteiger partial charge in [-0.2, -0.15) is 0 Å². The molecule has 1 unspecified atom stereocenters. The van der Waals surface area contributed by atoms with Crippen molar-refractivity contribution in [1.29, 1.82) is 0 Å². The lowest BCUT2D eigenvalue weighted by Crippen LogP contribution is -2.37. The van der Waals surface area contributed by atoms with Crippen molar-refractivity contribution < 1.29 is 18.0 Å². The van der Waals surface area contributed by atoms with Crippen molar-refractivity contribution in [2.24, 2.45) is 0 Å². The van der Waals surface area contributed by atoms with Gasteiger partial charge in [0.2, 0.25) is 10.0 Å². The van der Waals surface area contributed by atoms with Crippen LogP contribution < -0.4 is 0 Å². The zero-order valence-electron chi connectivity index (χ0n) is 9.64. The molecule has 6 nitrogen and oxygen atoms in total. The molecule has 1 aliphatic heterocycles. The highest BCUT2D eigenvalue weighted by Crippen LogP contribution is 2.27. The molecule has 2 heterocycles. The zero-order chi connectivity index (χ0) is 13.3. The molecule has 0 aliphatic carbocycles. The number of aldehydes is 1. The number of thiophene rings is 1. The Morgan fingerprint density at radius 3 is 2.61 bits per heavy atom. The molecule has 1 atom stereocenters. The second kappa shape index (κ2) is 4.69. The normalized spacial score (nSPS) is 18.2. The highest BCUT2D eigenvalue weighted by atomic mass is 32.2. The van der Waals surface area contributed by atoms with Gasteiger partial charge in [-0.3, -0.25) is 0 Å². The molecule has 0 saturated carbocycles. The number of rotatable bonds is 4. The molecule has 1 aliphatic rings. The van der Waals surface area contributed by atoms with E-state index in [1.165, 1.54) is 16.2 Å². The Morgan fingerprint density at radius 1 is 1.44 bits per heavy atom. The molecule has 1 aromatic rings. The summed E-state index contributed by atoms with van der Waals surface area (Å²) in [5.41, 5.74) is 0. The fraction of sp³-hybridized carbons (Fsp3) is 0.400.